The monoisotopic (exact) mass is 385 g/mol. The normalized spacial score (nSPS) is 10.4. The van der Waals surface area contributed by atoms with Crippen LogP contribution in [-0.2, 0) is 6.42 Å². The van der Waals surface area contributed by atoms with Gasteiger partial charge >= 0.3 is 0 Å². The highest BCUT2D eigenvalue weighted by atomic mass is 127. The molecule has 0 amide bonds. The first kappa shape index (κ1) is 14.7. The number of hydrogen-bond acceptors (Lipinski definition) is 1. The van der Waals surface area contributed by atoms with E-state index < -0.39 is 0 Å². The third-order valence-electron chi connectivity index (χ3n) is 2.98. The largest absolute Gasteiger partial charge is 0.384 e. The number of rotatable bonds is 6. The first-order valence-electron chi connectivity index (χ1n) is 6.48. The van der Waals surface area contributed by atoms with Gasteiger partial charge in [-0.1, -0.05) is 41.9 Å². The molecule has 0 saturated heterocycles. The number of nitrogens with one attached hydrogen (secondary N) is 1. The van der Waals surface area contributed by atoms with Crippen molar-refractivity contribution in [1.82, 2.24) is 0 Å². The molecule has 0 radical (unpaired) electrons. The standard InChI is InChI=1S/C16H17ClIN/c17-14-9-10-16(15(18)12-14)19-11-5-4-8-13-6-2-1-3-7-13/h1-3,6-7,9-10,12,19H,4-5,8,11H2. The highest BCUT2D eigenvalue weighted by Gasteiger charge is 1.99. The Kier molecular flexibility index (Phi) is 5.98. The lowest BCUT2D eigenvalue weighted by Crippen LogP contribution is -2.03. The number of halogens is 2. The quantitative estimate of drug-likeness (QED) is 0.520. The summed E-state index contributed by atoms with van der Waals surface area (Å²) in [6, 6.07) is 16.6. The fourth-order valence-electron chi connectivity index (χ4n) is 1.95. The van der Waals surface area contributed by atoms with Gasteiger partial charge in [0.25, 0.3) is 0 Å². The molecule has 2 aromatic carbocycles. The van der Waals surface area contributed by atoms with Crippen molar-refractivity contribution in [1.29, 1.82) is 0 Å². The van der Waals surface area contributed by atoms with Crippen LogP contribution in [0, 0.1) is 3.57 Å². The predicted octanol–water partition coefficient (Wildman–Crippen LogP) is 5.38. The Balaban J connectivity index is 1.69. The van der Waals surface area contributed by atoms with Crippen molar-refractivity contribution in [2.45, 2.75) is 19.3 Å². The van der Waals surface area contributed by atoms with Gasteiger partial charge in [-0.15, -0.1) is 0 Å². The van der Waals surface area contributed by atoms with E-state index >= 15 is 0 Å². The first-order chi connectivity index (χ1) is 9.25. The van der Waals surface area contributed by atoms with Crippen LogP contribution in [0.5, 0.6) is 0 Å². The molecule has 0 bridgehead atoms. The molecular formula is C16H17ClIN. The summed E-state index contributed by atoms with van der Waals surface area (Å²) < 4.78 is 1.17. The van der Waals surface area contributed by atoms with Gasteiger partial charge in [-0.25, -0.2) is 0 Å². The second kappa shape index (κ2) is 7.75. The Bertz CT molecular complexity index is 513. The summed E-state index contributed by atoms with van der Waals surface area (Å²) in [4.78, 5) is 0. The van der Waals surface area contributed by atoms with Gasteiger partial charge in [0.05, 0.1) is 0 Å². The molecule has 0 heterocycles. The zero-order valence-corrected chi connectivity index (χ0v) is 13.6. The van der Waals surface area contributed by atoms with Crippen LogP contribution in [0.4, 0.5) is 5.69 Å². The SMILES string of the molecule is Clc1ccc(NCCCCc2ccccc2)c(I)c1. The van der Waals surface area contributed by atoms with Crippen LogP contribution in [0.3, 0.4) is 0 Å². The number of benzene rings is 2. The van der Waals surface area contributed by atoms with Crippen molar-refractivity contribution in [3.8, 4) is 0 Å². The third-order valence-corrected chi connectivity index (χ3v) is 4.11. The fraction of sp³-hybridized carbons (Fsp3) is 0.250. The molecule has 19 heavy (non-hydrogen) atoms. The lowest BCUT2D eigenvalue weighted by Gasteiger charge is -2.08. The lowest BCUT2D eigenvalue weighted by molar-refractivity contribution is 0.763. The first-order valence-corrected chi connectivity index (χ1v) is 7.94. The summed E-state index contributed by atoms with van der Waals surface area (Å²) in [6.45, 7) is 1.00. The molecule has 1 nitrogen and oxygen atoms in total. The molecule has 2 aromatic rings. The van der Waals surface area contributed by atoms with Crippen molar-refractivity contribution >= 4 is 39.9 Å². The highest BCUT2D eigenvalue weighted by Crippen LogP contribution is 2.22. The third kappa shape index (κ3) is 5.03. The van der Waals surface area contributed by atoms with Crippen molar-refractivity contribution in [3.05, 3.63) is 62.7 Å². The minimum atomic E-state index is 0.791. The van der Waals surface area contributed by atoms with E-state index in [2.05, 4.69) is 58.2 Å². The van der Waals surface area contributed by atoms with E-state index in [0.717, 1.165) is 18.0 Å². The molecule has 0 aliphatic carbocycles. The molecule has 3 heteroatoms. The lowest BCUT2D eigenvalue weighted by atomic mass is 10.1. The maximum Gasteiger partial charge on any atom is 0.0476 e. The molecule has 0 fully saturated rings. The van der Waals surface area contributed by atoms with Gasteiger partial charge in [0.15, 0.2) is 0 Å². The van der Waals surface area contributed by atoms with Gasteiger partial charge in [-0.05, 0) is 65.6 Å². The van der Waals surface area contributed by atoms with Crippen LogP contribution in [0.1, 0.15) is 18.4 Å². The van der Waals surface area contributed by atoms with Crippen LogP contribution in [0.2, 0.25) is 5.02 Å². The van der Waals surface area contributed by atoms with E-state index in [9.17, 15) is 0 Å². The van der Waals surface area contributed by atoms with Gasteiger partial charge < -0.3 is 5.32 Å². The number of anilines is 1. The maximum absolute atomic E-state index is 5.94. The van der Waals surface area contributed by atoms with E-state index in [1.54, 1.807) is 0 Å². The molecule has 0 aliphatic heterocycles. The molecule has 100 valence electrons. The molecule has 0 saturated carbocycles. The zero-order valence-electron chi connectivity index (χ0n) is 10.7. The summed E-state index contributed by atoms with van der Waals surface area (Å²) in [5.74, 6) is 0. The van der Waals surface area contributed by atoms with Gasteiger partial charge in [0.1, 0.15) is 0 Å². The summed E-state index contributed by atoms with van der Waals surface area (Å²) in [5, 5.41) is 4.25. The molecular weight excluding hydrogens is 369 g/mol. The summed E-state index contributed by atoms with van der Waals surface area (Å²) in [6.07, 6.45) is 3.54. The molecule has 0 spiro atoms. The topological polar surface area (TPSA) is 12.0 Å². The van der Waals surface area contributed by atoms with E-state index in [0.29, 0.717) is 0 Å². The Labute approximate surface area is 133 Å². The second-order valence-electron chi connectivity index (χ2n) is 4.49. The average Bonchev–Trinajstić information content (AvgIpc) is 2.42. The van der Waals surface area contributed by atoms with Gasteiger partial charge in [0, 0.05) is 20.8 Å². The highest BCUT2D eigenvalue weighted by molar-refractivity contribution is 14.1. The molecule has 1 N–H and O–H groups in total. The average molecular weight is 386 g/mol. The Hall–Kier alpha value is -0.740. The summed E-state index contributed by atoms with van der Waals surface area (Å²) >= 11 is 8.25. The van der Waals surface area contributed by atoms with Crippen molar-refractivity contribution in [2.24, 2.45) is 0 Å². The molecule has 2 rings (SSSR count). The maximum atomic E-state index is 5.94. The van der Waals surface area contributed by atoms with Crippen LogP contribution < -0.4 is 5.32 Å². The van der Waals surface area contributed by atoms with Crippen LogP contribution in [0.25, 0.3) is 0 Å². The summed E-state index contributed by atoms with van der Waals surface area (Å²) in [7, 11) is 0. The Morgan fingerprint density at radius 1 is 1.00 bits per heavy atom. The van der Waals surface area contributed by atoms with Crippen LogP contribution in [-0.4, -0.2) is 6.54 Å². The van der Waals surface area contributed by atoms with Crippen molar-refractivity contribution in [3.63, 3.8) is 0 Å². The van der Waals surface area contributed by atoms with Gasteiger partial charge in [-0.2, -0.15) is 0 Å². The molecule has 0 unspecified atom stereocenters. The molecule has 0 atom stereocenters. The Morgan fingerprint density at radius 2 is 1.79 bits per heavy atom. The minimum Gasteiger partial charge on any atom is -0.384 e. The number of aryl methyl sites for hydroxylation is 1. The number of hydrogen-bond donors (Lipinski definition) is 1. The number of unbranched alkanes of at least 4 members (excludes halogenated alkanes) is 1. The van der Waals surface area contributed by atoms with Gasteiger partial charge in [-0.3, -0.25) is 0 Å². The van der Waals surface area contributed by atoms with E-state index in [-0.39, 0.29) is 0 Å². The Morgan fingerprint density at radius 3 is 2.53 bits per heavy atom. The molecule has 0 aromatic heterocycles. The van der Waals surface area contributed by atoms with Crippen molar-refractivity contribution in [2.75, 3.05) is 11.9 Å². The van der Waals surface area contributed by atoms with Gasteiger partial charge in [0.2, 0.25) is 0 Å². The van der Waals surface area contributed by atoms with E-state index in [1.165, 1.54) is 27.7 Å². The smallest absolute Gasteiger partial charge is 0.0476 e. The predicted molar refractivity (Wildman–Crippen MR) is 92.0 cm³/mol. The van der Waals surface area contributed by atoms with Crippen LogP contribution >= 0.6 is 34.2 Å². The van der Waals surface area contributed by atoms with E-state index in [4.69, 9.17) is 11.6 Å². The molecule has 0 aliphatic rings. The minimum absolute atomic E-state index is 0.791. The zero-order chi connectivity index (χ0) is 13.5. The summed E-state index contributed by atoms with van der Waals surface area (Å²) in [5.41, 5.74) is 2.59. The van der Waals surface area contributed by atoms with Crippen molar-refractivity contribution < 1.29 is 0 Å². The fourth-order valence-corrected chi connectivity index (χ4v) is 3.02. The van der Waals surface area contributed by atoms with E-state index in [1.807, 2.05) is 18.2 Å². The second-order valence-corrected chi connectivity index (χ2v) is 6.09. The van der Waals surface area contributed by atoms with Crippen LogP contribution in [0.15, 0.2) is 48.5 Å².